The monoisotopic (exact) mass is 402 g/mol. The van der Waals surface area contributed by atoms with Crippen molar-refractivity contribution in [2.75, 3.05) is 0 Å². The Morgan fingerprint density at radius 3 is 2.47 bits per heavy atom. The van der Waals surface area contributed by atoms with E-state index in [1.54, 1.807) is 5.32 Å². The van der Waals surface area contributed by atoms with E-state index in [1.165, 1.54) is 12.0 Å². The SMILES string of the molecule is CC(C)c1c[c-]ccc1.[CH2-]CC(=O)N[C-]=O.[W]. The number of carbonyl (C=O) groups excluding carboxylic acids is 2. The zero-order valence-electron chi connectivity index (χ0n) is 10.0. The molecule has 0 saturated heterocycles. The largest absolute Gasteiger partial charge is 0.464 e. The number of nitrogens with one attached hydrogen (secondary N) is 1. The van der Waals surface area contributed by atoms with Gasteiger partial charge in [0.1, 0.15) is 0 Å². The van der Waals surface area contributed by atoms with Crippen molar-refractivity contribution in [1.29, 1.82) is 0 Å². The molecule has 0 aliphatic heterocycles. The van der Waals surface area contributed by atoms with Crippen molar-refractivity contribution in [2.45, 2.75) is 26.2 Å². The topological polar surface area (TPSA) is 46.2 Å². The third-order valence-electron chi connectivity index (χ3n) is 1.82. The number of carbonyl (C=O) groups is 1. The van der Waals surface area contributed by atoms with Crippen LogP contribution >= 0.6 is 0 Å². The molecule has 1 aromatic rings. The number of benzene rings is 1. The van der Waals surface area contributed by atoms with Gasteiger partial charge in [-0.05, 0) is 0 Å². The van der Waals surface area contributed by atoms with Crippen molar-refractivity contribution in [3.63, 3.8) is 0 Å². The van der Waals surface area contributed by atoms with Crippen molar-refractivity contribution >= 4 is 12.3 Å². The maximum Gasteiger partial charge on any atom is 0.0713 e. The van der Waals surface area contributed by atoms with Crippen LogP contribution in [0.3, 0.4) is 0 Å². The summed E-state index contributed by atoms with van der Waals surface area (Å²) < 4.78 is 0. The molecule has 1 rings (SSSR count). The van der Waals surface area contributed by atoms with Gasteiger partial charge in [-0.3, -0.25) is 0 Å². The smallest absolute Gasteiger partial charge is 0.0713 e. The van der Waals surface area contributed by atoms with Gasteiger partial charge >= 0.3 is 0 Å². The second-order valence-electron chi connectivity index (χ2n) is 3.39. The minimum atomic E-state index is -0.407. The predicted molar refractivity (Wildman–Crippen MR) is 63.2 cm³/mol. The first kappa shape index (κ1) is 18.4. The van der Waals surface area contributed by atoms with E-state index in [0.717, 1.165) is 0 Å². The zero-order valence-corrected chi connectivity index (χ0v) is 13.0. The summed E-state index contributed by atoms with van der Waals surface area (Å²) in [5.74, 6) is 0.220. The van der Waals surface area contributed by atoms with Crippen molar-refractivity contribution in [3.8, 4) is 0 Å². The average molecular weight is 402 g/mol. The first-order valence-corrected chi connectivity index (χ1v) is 5.03. The minimum Gasteiger partial charge on any atom is -0.464 e. The van der Waals surface area contributed by atoms with Gasteiger partial charge in [0.05, 0.1) is 6.41 Å². The Kier molecular flexibility index (Phi) is 12.5. The maximum absolute atomic E-state index is 9.98. The molecule has 0 bridgehead atoms. The van der Waals surface area contributed by atoms with Crippen molar-refractivity contribution in [1.82, 2.24) is 5.32 Å². The molecule has 0 radical (unpaired) electrons. The number of hydrogen-bond donors (Lipinski definition) is 1. The second kappa shape index (κ2) is 11.5. The molecule has 0 aliphatic carbocycles. The van der Waals surface area contributed by atoms with Crippen LogP contribution in [0, 0.1) is 13.0 Å². The minimum absolute atomic E-state index is 0. The third kappa shape index (κ3) is 9.95. The van der Waals surface area contributed by atoms with Crippen molar-refractivity contribution < 1.29 is 30.7 Å². The van der Waals surface area contributed by atoms with Crippen LogP contribution in [-0.2, 0) is 30.7 Å². The van der Waals surface area contributed by atoms with Gasteiger partial charge in [-0.2, -0.15) is 42.3 Å². The molecular formula is C13H16NO2W-3. The molecule has 1 N–H and O–H groups in total. The van der Waals surface area contributed by atoms with Crippen LogP contribution in [0.2, 0.25) is 0 Å². The fourth-order valence-electron chi connectivity index (χ4n) is 0.886. The summed E-state index contributed by atoms with van der Waals surface area (Å²) in [6.45, 7) is 7.58. The summed E-state index contributed by atoms with van der Waals surface area (Å²) in [5.41, 5.74) is 1.36. The summed E-state index contributed by atoms with van der Waals surface area (Å²) in [6.07, 6.45) is 1.31. The van der Waals surface area contributed by atoms with Crippen LogP contribution in [0.1, 0.15) is 31.7 Å². The van der Waals surface area contributed by atoms with Gasteiger partial charge < -0.3 is 21.8 Å². The van der Waals surface area contributed by atoms with Crippen molar-refractivity contribution in [3.05, 3.63) is 42.8 Å². The molecule has 0 heterocycles. The van der Waals surface area contributed by atoms with Crippen LogP contribution in [0.4, 0.5) is 0 Å². The van der Waals surface area contributed by atoms with Gasteiger partial charge in [-0.25, -0.2) is 0 Å². The molecule has 0 unspecified atom stereocenters. The Hall–Kier alpha value is -0.952. The van der Waals surface area contributed by atoms with E-state index in [1.807, 2.05) is 18.2 Å². The van der Waals surface area contributed by atoms with Gasteiger partial charge in [0.2, 0.25) is 0 Å². The van der Waals surface area contributed by atoms with Gasteiger partial charge in [-0.15, -0.1) is 0 Å². The molecule has 2 amide bonds. The van der Waals surface area contributed by atoms with Gasteiger partial charge in [0, 0.05) is 27.0 Å². The third-order valence-corrected chi connectivity index (χ3v) is 1.82. The Labute approximate surface area is 117 Å². The molecule has 0 saturated carbocycles. The van der Waals surface area contributed by atoms with Gasteiger partial charge in [-0.1, -0.05) is 19.8 Å². The number of imide groups is 1. The average Bonchev–Trinajstić information content (AvgIpc) is 2.31. The first-order valence-electron chi connectivity index (χ1n) is 5.03. The standard InChI is InChI=1S/C9H11.C4H5NO2.W/c1-8(2)9-6-4-3-5-7-9;1-2-4(7)5-3-6;/h3-4,6-8H,1-2H3;1-2H2,(H,5,6,7);/q-1;-2;. The summed E-state index contributed by atoms with van der Waals surface area (Å²) in [5, 5.41) is 1.79. The molecule has 0 aliphatic rings. The number of rotatable bonds is 3. The summed E-state index contributed by atoms with van der Waals surface area (Å²) in [4.78, 5) is 19.3. The Morgan fingerprint density at radius 1 is 1.59 bits per heavy atom. The van der Waals surface area contributed by atoms with Crippen LogP contribution in [0.25, 0.3) is 0 Å². The van der Waals surface area contributed by atoms with E-state index < -0.39 is 5.91 Å². The molecule has 17 heavy (non-hydrogen) atoms. The Morgan fingerprint density at radius 2 is 2.24 bits per heavy atom. The summed E-state index contributed by atoms with van der Waals surface area (Å²) in [7, 11) is 0. The summed E-state index contributed by atoms with van der Waals surface area (Å²) in [6, 6.07) is 11.1. The first-order chi connectivity index (χ1) is 7.61. The Bertz CT molecular complexity index is 312. The van der Waals surface area contributed by atoms with Crippen LogP contribution in [0.15, 0.2) is 24.3 Å². The van der Waals surface area contributed by atoms with E-state index in [0.29, 0.717) is 5.92 Å². The van der Waals surface area contributed by atoms with Crippen molar-refractivity contribution in [2.24, 2.45) is 0 Å². The molecule has 4 heteroatoms. The molecule has 1 aromatic carbocycles. The molecule has 0 atom stereocenters. The van der Waals surface area contributed by atoms with E-state index >= 15 is 0 Å². The van der Waals surface area contributed by atoms with Crippen LogP contribution < -0.4 is 5.32 Å². The Balaban J connectivity index is 0. The zero-order chi connectivity index (χ0) is 12.4. The molecule has 94 valence electrons. The van der Waals surface area contributed by atoms with Gasteiger partial charge in [0.25, 0.3) is 0 Å². The van der Waals surface area contributed by atoms with Crippen LogP contribution in [0.5, 0.6) is 0 Å². The van der Waals surface area contributed by atoms with E-state index in [4.69, 9.17) is 0 Å². The molecule has 3 nitrogen and oxygen atoms in total. The predicted octanol–water partition coefficient (Wildman–Crippen LogP) is 2.00. The van der Waals surface area contributed by atoms with E-state index in [-0.39, 0.29) is 27.5 Å². The number of amides is 2. The fraction of sp³-hybridized carbons (Fsp3) is 0.308. The molecule has 0 aromatic heterocycles. The van der Waals surface area contributed by atoms with Crippen LogP contribution in [-0.4, -0.2) is 12.3 Å². The quantitative estimate of drug-likeness (QED) is 0.621. The second-order valence-corrected chi connectivity index (χ2v) is 3.39. The van der Waals surface area contributed by atoms with E-state index in [9.17, 15) is 9.59 Å². The fourth-order valence-corrected chi connectivity index (χ4v) is 0.886. The molecular weight excluding hydrogens is 386 g/mol. The number of hydrogen-bond acceptors (Lipinski definition) is 2. The summed E-state index contributed by atoms with van der Waals surface area (Å²) >= 11 is 0. The normalized spacial score (nSPS) is 8.47. The van der Waals surface area contributed by atoms with Gasteiger partial charge in [0.15, 0.2) is 0 Å². The molecule has 0 spiro atoms. The molecule has 0 fully saturated rings. The van der Waals surface area contributed by atoms with E-state index in [2.05, 4.69) is 32.9 Å². The maximum atomic E-state index is 9.98.